The molecule has 1 fully saturated rings. The van der Waals surface area contributed by atoms with Crippen LogP contribution in [0.5, 0.6) is 0 Å². The van der Waals surface area contributed by atoms with Crippen molar-refractivity contribution in [3.8, 4) is 0 Å². The monoisotopic (exact) mass is 276 g/mol. The molecule has 100 valence electrons. The van der Waals surface area contributed by atoms with Gasteiger partial charge >= 0.3 is 0 Å². The number of benzene rings is 1. The van der Waals surface area contributed by atoms with Crippen molar-refractivity contribution in [2.75, 3.05) is 13.1 Å². The van der Waals surface area contributed by atoms with Crippen molar-refractivity contribution >= 4 is 28.4 Å². The fraction of sp³-hybridized carbons (Fsp3) is 0.400. The number of nitrogens with zero attached hydrogens (tertiary/aromatic N) is 2. The first-order valence-electron chi connectivity index (χ1n) is 6.67. The van der Waals surface area contributed by atoms with E-state index in [-0.39, 0.29) is 11.9 Å². The van der Waals surface area contributed by atoms with E-state index in [2.05, 4.69) is 18.4 Å². The normalized spacial score (nSPS) is 15.1. The largest absolute Gasteiger partial charge is 0.337 e. The van der Waals surface area contributed by atoms with Crippen molar-refractivity contribution in [3.63, 3.8) is 0 Å². The number of aromatic nitrogens is 1. The third-order valence-corrected chi connectivity index (χ3v) is 3.91. The van der Waals surface area contributed by atoms with Gasteiger partial charge in [-0.05, 0) is 44.5 Å². The van der Waals surface area contributed by atoms with Crippen LogP contribution in [0.25, 0.3) is 10.9 Å². The first-order valence-corrected chi connectivity index (χ1v) is 7.05. The summed E-state index contributed by atoms with van der Waals surface area (Å²) in [6, 6.07) is 7.99. The van der Waals surface area contributed by atoms with Crippen LogP contribution in [-0.2, 0) is 0 Å². The van der Waals surface area contributed by atoms with Crippen LogP contribution in [0, 0.1) is 0 Å². The van der Waals surface area contributed by atoms with Crippen molar-refractivity contribution in [1.82, 2.24) is 9.47 Å². The molecule has 19 heavy (non-hydrogen) atoms. The Morgan fingerprint density at radius 1 is 1.26 bits per heavy atom. The average Bonchev–Trinajstić information content (AvgIpc) is 2.64. The van der Waals surface area contributed by atoms with Crippen LogP contribution in [0.1, 0.15) is 36.8 Å². The molecule has 0 bridgehead atoms. The van der Waals surface area contributed by atoms with Crippen molar-refractivity contribution in [1.29, 1.82) is 0 Å². The SMILES string of the molecule is CC(C)n1c(C(=O)N2CCC2)cc2cc(Cl)ccc21. The van der Waals surface area contributed by atoms with Gasteiger partial charge in [-0.15, -0.1) is 0 Å². The minimum Gasteiger partial charge on any atom is -0.337 e. The summed E-state index contributed by atoms with van der Waals surface area (Å²) < 4.78 is 2.10. The molecule has 0 atom stereocenters. The highest BCUT2D eigenvalue weighted by molar-refractivity contribution is 6.31. The Labute approximate surface area is 117 Å². The van der Waals surface area contributed by atoms with Crippen molar-refractivity contribution in [3.05, 3.63) is 35.0 Å². The highest BCUT2D eigenvalue weighted by Crippen LogP contribution is 2.28. The fourth-order valence-corrected chi connectivity index (χ4v) is 2.79. The summed E-state index contributed by atoms with van der Waals surface area (Å²) in [5, 5.41) is 1.74. The standard InChI is InChI=1S/C15H17ClN2O/c1-10(2)18-13-5-4-12(16)8-11(13)9-14(18)15(19)17-6-3-7-17/h4-5,8-10H,3,6-7H2,1-2H3. The molecular weight excluding hydrogens is 260 g/mol. The molecule has 1 aliphatic rings. The Bertz CT molecular complexity index is 641. The van der Waals surface area contributed by atoms with Gasteiger partial charge in [-0.2, -0.15) is 0 Å². The molecule has 0 aliphatic carbocycles. The molecule has 1 amide bonds. The van der Waals surface area contributed by atoms with E-state index in [0.717, 1.165) is 36.1 Å². The van der Waals surface area contributed by atoms with Gasteiger partial charge in [0, 0.05) is 35.1 Å². The maximum absolute atomic E-state index is 12.5. The van der Waals surface area contributed by atoms with Crippen LogP contribution in [-0.4, -0.2) is 28.5 Å². The average molecular weight is 277 g/mol. The van der Waals surface area contributed by atoms with Crippen molar-refractivity contribution in [2.45, 2.75) is 26.3 Å². The van der Waals surface area contributed by atoms with E-state index in [1.807, 2.05) is 29.2 Å². The van der Waals surface area contributed by atoms with Crippen LogP contribution in [0.3, 0.4) is 0 Å². The molecular formula is C15H17ClN2O. The van der Waals surface area contributed by atoms with Gasteiger partial charge in [0.1, 0.15) is 5.69 Å². The van der Waals surface area contributed by atoms with E-state index in [9.17, 15) is 4.79 Å². The molecule has 3 rings (SSSR count). The molecule has 4 heteroatoms. The van der Waals surface area contributed by atoms with Gasteiger partial charge in [-0.1, -0.05) is 11.6 Å². The lowest BCUT2D eigenvalue weighted by molar-refractivity contribution is 0.0639. The zero-order valence-corrected chi connectivity index (χ0v) is 11.9. The first kappa shape index (κ1) is 12.5. The first-order chi connectivity index (χ1) is 9.08. The highest BCUT2D eigenvalue weighted by atomic mass is 35.5. The van der Waals surface area contributed by atoms with Crippen LogP contribution >= 0.6 is 11.6 Å². The van der Waals surface area contributed by atoms with Crippen LogP contribution in [0.4, 0.5) is 0 Å². The summed E-state index contributed by atoms with van der Waals surface area (Å²) >= 11 is 6.04. The Kier molecular flexibility index (Phi) is 3.02. The summed E-state index contributed by atoms with van der Waals surface area (Å²) in [7, 11) is 0. The Balaban J connectivity index is 2.16. The number of likely N-dealkylation sites (tertiary alicyclic amines) is 1. The highest BCUT2D eigenvalue weighted by Gasteiger charge is 2.26. The lowest BCUT2D eigenvalue weighted by atomic mass is 10.2. The molecule has 0 saturated carbocycles. The van der Waals surface area contributed by atoms with Crippen LogP contribution < -0.4 is 0 Å². The summed E-state index contributed by atoms with van der Waals surface area (Å²) in [6.45, 7) is 5.94. The second kappa shape index (κ2) is 4.57. The Morgan fingerprint density at radius 3 is 2.58 bits per heavy atom. The lowest BCUT2D eigenvalue weighted by Crippen LogP contribution is -2.42. The second-order valence-electron chi connectivity index (χ2n) is 5.34. The number of hydrogen-bond acceptors (Lipinski definition) is 1. The summed E-state index contributed by atoms with van der Waals surface area (Å²) in [5.41, 5.74) is 1.84. The lowest BCUT2D eigenvalue weighted by Gasteiger charge is -2.31. The molecule has 0 unspecified atom stereocenters. The summed E-state index contributed by atoms with van der Waals surface area (Å²) in [5.74, 6) is 0.132. The minimum atomic E-state index is 0.132. The van der Waals surface area contributed by atoms with Gasteiger partial charge < -0.3 is 9.47 Å². The molecule has 0 N–H and O–H groups in total. The van der Waals surface area contributed by atoms with E-state index >= 15 is 0 Å². The smallest absolute Gasteiger partial charge is 0.270 e. The van der Waals surface area contributed by atoms with Gasteiger partial charge in [0.25, 0.3) is 5.91 Å². The van der Waals surface area contributed by atoms with Gasteiger partial charge in [-0.3, -0.25) is 4.79 Å². The molecule has 2 heterocycles. The predicted molar refractivity (Wildman–Crippen MR) is 77.9 cm³/mol. The molecule has 1 aliphatic heterocycles. The second-order valence-corrected chi connectivity index (χ2v) is 5.78. The molecule has 1 saturated heterocycles. The third kappa shape index (κ3) is 2.02. The zero-order chi connectivity index (χ0) is 13.6. The number of hydrogen-bond donors (Lipinski definition) is 0. The quantitative estimate of drug-likeness (QED) is 0.821. The number of rotatable bonds is 2. The molecule has 0 spiro atoms. The minimum absolute atomic E-state index is 0.132. The number of carbonyl (C=O) groups is 1. The number of amides is 1. The number of carbonyl (C=O) groups excluding carboxylic acids is 1. The van der Waals surface area contributed by atoms with E-state index in [1.165, 1.54) is 0 Å². The molecule has 2 aromatic rings. The Morgan fingerprint density at radius 2 is 2.00 bits per heavy atom. The topological polar surface area (TPSA) is 25.2 Å². The number of halogens is 1. The van der Waals surface area contributed by atoms with Crippen molar-refractivity contribution < 1.29 is 4.79 Å². The predicted octanol–water partition coefficient (Wildman–Crippen LogP) is 3.72. The van der Waals surface area contributed by atoms with Gasteiger partial charge in [-0.25, -0.2) is 0 Å². The van der Waals surface area contributed by atoms with E-state index in [4.69, 9.17) is 11.6 Å². The van der Waals surface area contributed by atoms with E-state index in [1.54, 1.807) is 0 Å². The van der Waals surface area contributed by atoms with E-state index < -0.39 is 0 Å². The zero-order valence-electron chi connectivity index (χ0n) is 11.2. The van der Waals surface area contributed by atoms with Gasteiger partial charge in [0.15, 0.2) is 0 Å². The maximum Gasteiger partial charge on any atom is 0.270 e. The van der Waals surface area contributed by atoms with Crippen molar-refractivity contribution in [2.24, 2.45) is 0 Å². The maximum atomic E-state index is 12.5. The molecule has 0 radical (unpaired) electrons. The molecule has 3 nitrogen and oxygen atoms in total. The van der Waals surface area contributed by atoms with Crippen LogP contribution in [0.2, 0.25) is 5.02 Å². The van der Waals surface area contributed by atoms with Gasteiger partial charge in [0.05, 0.1) is 0 Å². The summed E-state index contributed by atoms with van der Waals surface area (Å²) in [4.78, 5) is 14.4. The molecule has 1 aromatic carbocycles. The van der Waals surface area contributed by atoms with Gasteiger partial charge in [0.2, 0.25) is 0 Å². The fourth-order valence-electron chi connectivity index (χ4n) is 2.61. The van der Waals surface area contributed by atoms with Crippen LogP contribution in [0.15, 0.2) is 24.3 Å². The van der Waals surface area contributed by atoms with E-state index in [0.29, 0.717) is 5.02 Å². The Hall–Kier alpha value is -1.48. The molecule has 1 aromatic heterocycles. The third-order valence-electron chi connectivity index (χ3n) is 3.68. The number of fused-ring (bicyclic) bond motifs is 1. The summed E-state index contributed by atoms with van der Waals surface area (Å²) in [6.07, 6.45) is 1.11.